The topological polar surface area (TPSA) is 98.7 Å². The molecule has 0 saturated carbocycles. The molecule has 2 aromatic rings. The van der Waals surface area contributed by atoms with E-state index in [1.54, 1.807) is 42.9 Å². The summed E-state index contributed by atoms with van der Waals surface area (Å²) in [6.45, 7) is 4.15. The Hall–Kier alpha value is -3.00. The summed E-state index contributed by atoms with van der Waals surface area (Å²) < 4.78 is 0. The highest BCUT2D eigenvalue weighted by Crippen LogP contribution is 2.41. The van der Waals surface area contributed by atoms with Crippen LogP contribution in [0.5, 0.6) is 0 Å². The summed E-state index contributed by atoms with van der Waals surface area (Å²) in [5.74, 6) is 0.648. The maximum atomic E-state index is 12.9. The van der Waals surface area contributed by atoms with Crippen LogP contribution in [0.4, 0.5) is 11.5 Å². The van der Waals surface area contributed by atoms with Gasteiger partial charge in [-0.15, -0.1) is 0 Å². The first kappa shape index (κ1) is 20.3. The maximum absolute atomic E-state index is 12.9. The molecule has 1 spiro atoms. The number of piperidine rings is 2. The van der Waals surface area contributed by atoms with Crippen LogP contribution in [0, 0.1) is 5.41 Å². The van der Waals surface area contributed by atoms with Crippen LogP contribution in [-0.4, -0.2) is 64.1 Å². The number of carbonyl (C=O) groups is 2. The van der Waals surface area contributed by atoms with Gasteiger partial charge in [-0.05, 0) is 48.9 Å². The molecule has 1 aromatic heterocycles. The zero-order chi connectivity index (χ0) is 21.1. The van der Waals surface area contributed by atoms with E-state index in [-0.39, 0.29) is 17.2 Å². The first-order valence-corrected chi connectivity index (χ1v) is 10.3. The smallest absolute Gasteiger partial charge is 0.253 e. The van der Waals surface area contributed by atoms with Gasteiger partial charge < -0.3 is 20.2 Å². The molecule has 1 unspecified atom stereocenters. The van der Waals surface area contributed by atoms with E-state index in [1.165, 1.54) is 6.92 Å². The van der Waals surface area contributed by atoms with Crippen LogP contribution >= 0.6 is 0 Å². The number of nitrogens with zero attached hydrogens (tertiary/aromatic N) is 4. The van der Waals surface area contributed by atoms with Gasteiger partial charge in [0.25, 0.3) is 5.91 Å². The largest absolute Gasteiger partial charge is 0.391 e. The predicted octanol–water partition coefficient (Wildman–Crippen LogP) is 1.93. The number of likely N-dealkylation sites (tertiary alicyclic amines) is 1. The summed E-state index contributed by atoms with van der Waals surface area (Å²) >= 11 is 0. The van der Waals surface area contributed by atoms with Gasteiger partial charge in [0.05, 0.1) is 12.3 Å². The van der Waals surface area contributed by atoms with Crippen LogP contribution in [0.25, 0.3) is 0 Å². The molecule has 4 rings (SSSR count). The molecule has 158 valence electrons. The molecule has 0 aliphatic carbocycles. The molecule has 2 saturated heterocycles. The van der Waals surface area contributed by atoms with Gasteiger partial charge in [-0.2, -0.15) is 0 Å². The monoisotopic (exact) mass is 409 g/mol. The summed E-state index contributed by atoms with van der Waals surface area (Å²) in [7, 11) is 0. The van der Waals surface area contributed by atoms with Gasteiger partial charge in [0.15, 0.2) is 0 Å². The first-order valence-electron chi connectivity index (χ1n) is 10.3. The van der Waals surface area contributed by atoms with Gasteiger partial charge in [-0.3, -0.25) is 14.6 Å². The van der Waals surface area contributed by atoms with Crippen molar-refractivity contribution in [3.8, 4) is 0 Å². The van der Waals surface area contributed by atoms with E-state index in [0.717, 1.165) is 31.6 Å². The Morgan fingerprint density at radius 3 is 2.53 bits per heavy atom. The highest BCUT2D eigenvalue weighted by molar-refractivity contribution is 5.95. The van der Waals surface area contributed by atoms with Gasteiger partial charge in [0.1, 0.15) is 5.82 Å². The Morgan fingerprint density at radius 2 is 1.90 bits per heavy atom. The van der Waals surface area contributed by atoms with Gasteiger partial charge in [0, 0.05) is 56.7 Å². The Bertz CT molecular complexity index is 895. The molecule has 3 heterocycles. The number of hydrogen-bond donors (Lipinski definition) is 2. The van der Waals surface area contributed by atoms with Crippen LogP contribution in [0.2, 0.25) is 0 Å². The number of nitrogens with one attached hydrogen (secondary N) is 1. The summed E-state index contributed by atoms with van der Waals surface area (Å²) in [4.78, 5) is 36.6. The van der Waals surface area contributed by atoms with Crippen molar-refractivity contribution >= 4 is 23.3 Å². The van der Waals surface area contributed by atoms with Crippen LogP contribution in [0.3, 0.4) is 0 Å². The number of benzene rings is 1. The zero-order valence-electron chi connectivity index (χ0n) is 17.1. The van der Waals surface area contributed by atoms with Gasteiger partial charge in [0.2, 0.25) is 5.91 Å². The molecule has 1 atom stereocenters. The van der Waals surface area contributed by atoms with Crippen molar-refractivity contribution in [3.05, 3.63) is 48.4 Å². The Kier molecular flexibility index (Phi) is 5.67. The predicted molar refractivity (Wildman–Crippen MR) is 113 cm³/mol. The molecule has 8 nitrogen and oxygen atoms in total. The number of aliphatic hydroxyl groups excluding tert-OH is 1. The lowest BCUT2D eigenvalue weighted by Crippen LogP contribution is -2.54. The highest BCUT2D eigenvalue weighted by Gasteiger charge is 2.42. The number of hydrogen-bond acceptors (Lipinski definition) is 6. The van der Waals surface area contributed by atoms with Gasteiger partial charge in [-0.1, -0.05) is 0 Å². The number of amides is 2. The minimum absolute atomic E-state index is 0.00126. The van der Waals surface area contributed by atoms with E-state index >= 15 is 0 Å². The molecule has 2 amide bonds. The van der Waals surface area contributed by atoms with Crippen LogP contribution in [0.1, 0.15) is 36.5 Å². The first-order chi connectivity index (χ1) is 14.4. The molecular formula is C22H27N5O3. The quantitative estimate of drug-likeness (QED) is 0.804. The van der Waals surface area contributed by atoms with Crippen LogP contribution < -0.4 is 10.2 Å². The van der Waals surface area contributed by atoms with Crippen molar-refractivity contribution in [2.24, 2.45) is 5.41 Å². The fourth-order valence-electron chi connectivity index (χ4n) is 4.61. The van der Waals surface area contributed by atoms with Crippen molar-refractivity contribution in [2.45, 2.75) is 32.3 Å². The standard InChI is InChI=1S/C22H27N5O3/c1-16(28)25-18-4-2-17(3-5-18)21(30)26-10-6-22(7-11-26)12-19(29)14-27(15-22)20-13-23-8-9-24-20/h2-5,8-9,13,19,29H,6-7,10-12,14-15H2,1H3,(H,25,28). The number of aliphatic hydroxyl groups is 1. The molecule has 2 N–H and O–H groups in total. The Labute approximate surface area is 175 Å². The summed E-state index contributed by atoms with van der Waals surface area (Å²) in [5.41, 5.74) is 1.27. The summed E-state index contributed by atoms with van der Waals surface area (Å²) in [6, 6.07) is 6.99. The molecular weight excluding hydrogens is 382 g/mol. The van der Waals surface area contributed by atoms with E-state index in [2.05, 4.69) is 20.2 Å². The van der Waals surface area contributed by atoms with E-state index in [1.807, 2.05) is 4.90 Å². The fraction of sp³-hybridized carbons (Fsp3) is 0.455. The molecule has 30 heavy (non-hydrogen) atoms. The molecule has 0 bridgehead atoms. The lowest BCUT2D eigenvalue weighted by molar-refractivity contribution is -0.114. The maximum Gasteiger partial charge on any atom is 0.253 e. The third-order valence-corrected chi connectivity index (χ3v) is 6.06. The molecule has 8 heteroatoms. The number of rotatable bonds is 3. The lowest BCUT2D eigenvalue weighted by Gasteiger charge is -2.49. The second-order valence-electron chi connectivity index (χ2n) is 8.35. The van der Waals surface area contributed by atoms with E-state index in [9.17, 15) is 14.7 Å². The van der Waals surface area contributed by atoms with E-state index in [4.69, 9.17) is 0 Å². The molecule has 2 aliphatic rings. The number of anilines is 2. The Balaban J connectivity index is 1.40. The van der Waals surface area contributed by atoms with Gasteiger partial charge >= 0.3 is 0 Å². The van der Waals surface area contributed by atoms with E-state index < -0.39 is 6.10 Å². The molecule has 2 aliphatic heterocycles. The van der Waals surface area contributed by atoms with E-state index in [0.29, 0.717) is 30.9 Å². The Morgan fingerprint density at radius 1 is 1.17 bits per heavy atom. The minimum Gasteiger partial charge on any atom is -0.391 e. The molecule has 2 fully saturated rings. The van der Waals surface area contributed by atoms with Crippen molar-refractivity contribution in [1.82, 2.24) is 14.9 Å². The summed E-state index contributed by atoms with van der Waals surface area (Å²) in [5, 5.41) is 13.2. The second-order valence-corrected chi connectivity index (χ2v) is 8.35. The normalized spacial score (nSPS) is 20.8. The van der Waals surface area contributed by atoms with Crippen LogP contribution in [-0.2, 0) is 4.79 Å². The summed E-state index contributed by atoms with van der Waals surface area (Å²) in [6.07, 6.45) is 7.07. The van der Waals surface area contributed by atoms with Crippen molar-refractivity contribution in [1.29, 1.82) is 0 Å². The molecule has 1 aromatic carbocycles. The second kappa shape index (κ2) is 8.39. The third-order valence-electron chi connectivity index (χ3n) is 6.06. The van der Waals surface area contributed by atoms with Crippen molar-refractivity contribution in [2.75, 3.05) is 36.4 Å². The number of β-amino-alcohol motifs (C(OH)–C–C–N with tert-alkyl or cyclic N) is 1. The average Bonchev–Trinajstić information content (AvgIpc) is 2.74. The SMILES string of the molecule is CC(=O)Nc1ccc(C(=O)N2CCC3(CC2)CC(O)CN(c2cnccn2)C3)cc1. The number of carbonyl (C=O) groups excluding carboxylic acids is 2. The molecule has 0 radical (unpaired) electrons. The minimum atomic E-state index is -0.413. The average molecular weight is 409 g/mol. The lowest BCUT2D eigenvalue weighted by atomic mass is 9.71. The zero-order valence-corrected chi connectivity index (χ0v) is 17.1. The highest BCUT2D eigenvalue weighted by atomic mass is 16.3. The third kappa shape index (κ3) is 4.43. The van der Waals surface area contributed by atoms with Crippen LogP contribution in [0.15, 0.2) is 42.9 Å². The van der Waals surface area contributed by atoms with Gasteiger partial charge in [-0.25, -0.2) is 4.98 Å². The fourth-order valence-corrected chi connectivity index (χ4v) is 4.61. The van der Waals surface area contributed by atoms with Crippen molar-refractivity contribution < 1.29 is 14.7 Å². The van der Waals surface area contributed by atoms with Crippen molar-refractivity contribution in [3.63, 3.8) is 0 Å². The number of aromatic nitrogens is 2.